The van der Waals surface area contributed by atoms with E-state index >= 15 is 0 Å². The molecule has 1 aromatic heterocycles. The number of fused-ring (bicyclic) bond motifs is 1. The molecule has 4 rings (SSSR count). The zero-order valence-electron chi connectivity index (χ0n) is 17.7. The number of ether oxygens (including phenoxy) is 3. The van der Waals surface area contributed by atoms with Gasteiger partial charge in [-0.3, -0.25) is 9.88 Å². The fourth-order valence-corrected chi connectivity index (χ4v) is 3.87. The summed E-state index contributed by atoms with van der Waals surface area (Å²) in [6.07, 6.45) is 1.65. The quantitative estimate of drug-likeness (QED) is 0.335. The minimum Gasteiger partial charge on any atom is -0.493 e. The number of rotatable bonds is 6. The Bertz CT molecular complexity index is 1330. The van der Waals surface area contributed by atoms with Crippen LogP contribution in [-0.2, 0) is 0 Å². The van der Waals surface area contributed by atoms with E-state index in [0.717, 1.165) is 5.39 Å². The number of methoxy groups -OCH3 is 2. The van der Waals surface area contributed by atoms with Crippen molar-refractivity contribution in [2.45, 2.75) is 0 Å². The highest BCUT2D eigenvalue weighted by Gasteiger charge is 2.18. The van der Waals surface area contributed by atoms with Crippen LogP contribution in [0.4, 0.5) is 16.2 Å². The van der Waals surface area contributed by atoms with E-state index in [9.17, 15) is 4.79 Å². The normalized spacial score (nSPS) is 10.7. The van der Waals surface area contributed by atoms with E-state index < -0.39 is 6.03 Å². The monoisotopic (exact) mass is 483 g/mol. The maximum atomic E-state index is 12.2. The molecule has 9 heteroatoms. The van der Waals surface area contributed by atoms with Crippen molar-refractivity contribution in [2.75, 3.05) is 19.1 Å². The maximum absolute atomic E-state index is 12.2. The smallest absolute Gasteiger partial charge is 0.323 e. The summed E-state index contributed by atoms with van der Waals surface area (Å²) in [4.78, 5) is 17.8. The number of halogens is 2. The summed E-state index contributed by atoms with van der Waals surface area (Å²) in [5, 5.41) is 1.51. The molecule has 0 aliphatic heterocycles. The van der Waals surface area contributed by atoms with Gasteiger partial charge in [0.25, 0.3) is 0 Å². The van der Waals surface area contributed by atoms with Gasteiger partial charge in [-0.15, -0.1) is 0 Å². The van der Waals surface area contributed by atoms with Crippen LogP contribution in [0, 0.1) is 0 Å². The number of nitrogens with zero attached hydrogens (tertiary/aromatic N) is 2. The predicted molar refractivity (Wildman–Crippen MR) is 130 cm³/mol. The maximum Gasteiger partial charge on any atom is 0.323 e. The molecule has 0 atom stereocenters. The molecule has 1 heterocycles. The highest BCUT2D eigenvalue weighted by molar-refractivity contribution is 6.37. The number of aromatic nitrogens is 1. The van der Waals surface area contributed by atoms with Gasteiger partial charge in [0.2, 0.25) is 0 Å². The first-order valence-electron chi connectivity index (χ1n) is 9.74. The Morgan fingerprint density at radius 2 is 1.61 bits per heavy atom. The number of hydrogen-bond acceptors (Lipinski definition) is 5. The summed E-state index contributed by atoms with van der Waals surface area (Å²) in [5.74, 6) is 2.27. The molecule has 0 spiro atoms. The van der Waals surface area contributed by atoms with Crippen LogP contribution in [0.15, 0.2) is 66.9 Å². The van der Waals surface area contributed by atoms with E-state index in [2.05, 4.69) is 4.98 Å². The summed E-state index contributed by atoms with van der Waals surface area (Å²) in [5.41, 5.74) is 7.25. The SMILES string of the molecule is COc1cc2nccc(Oc3ccc(N(C(N)=O)c4ccc(Cl)cc4Cl)cc3)c2cc1OC. The van der Waals surface area contributed by atoms with Gasteiger partial charge in [0.1, 0.15) is 11.5 Å². The van der Waals surface area contributed by atoms with Gasteiger partial charge in [0.05, 0.1) is 36.1 Å². The van der Waals surface area contributed by atoms with Crippen LogP contribution in [0.5, 0.6) is 23.0 Å². The molecule has 168 valence electrons. The Balaban J connectivity index is 1.66. The molecule has 0 unspecified atom stereocenters. The van der Waals surface area contributed by atoms with Gasteiger partial charge in [-0.25, -0.2) is 4.79 Å². The standard InChI is InChI=1S/C24H19Cl2N3O4/c1-31-22-12-17-19(13-23(22)32-2)28-10-9-21(17)33-16-6-4-15(5-7-16)29(24(27)30)20-8-3-14(25)11-18(20)26/h3-13H,1-2H3,(H2,27,30). The van der Waals surface area contributed by atoms with Gasteiger partial charge in [-0.1, -0.05) is 23.2 Å². The first-order valence-corrected chi connectivity index (χ1v) is 10.5. The molecule has 0 saturated heterocycles. The van der Waals surface area contributed by atoms with Crippen molar-refractivity contribution in [2.24, 2.45) is 5.73 Å². The van der Waals surface area contributed by atoms with E-state index in [1.165, 1.54) is 4.90 Å². The van der Waals surface area contributed by atoms with E-state index in [0.29, 0.717) is 49.9 Å². The van der Waals surface area contributed by atoms with Gasteiger partial charge in [0, 0.05) is 22.7 Å². The second kappa shape index (κ2) is 9.44. The second-order valence-corrected chi connectivity index (χ2v) is 7.74. The lowest BCUT2D eigenvalue weighted by atomic mass is 10.1. The van der Waals surface area contributed by atoms with Crippen LogP contribution in [0.25, 0.3) is 10.9 Å². The number of amides is 2. The number of urea groups is 1. The minimum absolute atomic E-state index is 0.300. The number of primary amides is 1. The van der Waals surface area contributed by atoms with Crippen LogP contribution >= 0.6 is 23.2 Å². The molecule has 3 aromatic carbocycles. The largest absolute Gasteiger partial charge is 0.493 e. The summed E-state index contributed by atoms with van der Waals surface area (Å²) in [6.45, 7) is 0. The first-order chi connectivity index (χ1) is 15.9. The molecule has 0 saturated carbocycles. The molecule has 0 aliphatic rings. The van der Waals surface area contributed by atoms with Crippen LogP contribution < -0.4 is 24.8 Å². The van der Waals surface area contributed by atoms with Gasteiger partial charge >= 0.3 is 6.03 Å². The number of carbonyl (C=O) groups excluding carboxylic acids is 1. The molecule has 0 bridgehead atoms. The Morgan fingerprint density at radius 1 is 0.909 bits per heavy atom. The van der Waals surface area contributed by atoms with Gasteiger partial charge in [-0.2, -0.15) is 0 Å². The summed E-state index contributed by atoms with van der Waals surface area (Å²) in [7, 11) is 3.13. The average molecular weight is 484 g/mol. The summed E-state index contributed by atoms with van der Waals surface area (Å²) >= 11 is 12.2. The van der Waals surface area contributed by atoms with Crippen molar-refractivity contribution < 1.29 is 19.0 Å². The topological polar surface area (TPSA) is 86.9 Å². The Morgan fingerprint density at radius 3 is 2.24 bits per heavy atom. The van der Waals surface area contributed by atoms with E-state index in [-0.39, 0.29) is 0 Å². The Labute approximate surface area is 200 Å². The molecule has 0 fully saturated rings. The highest BCUT2D eigenvalue weighted by Crippen LogP contribution is 2.38. The number of carbonyl (C=O) groups is 1. The van der Waals surface area contributed by atoms with Crippen molar-refractivity contribution in [1.82, 2.24) is 4.98 Å². The molecule has 0 aliphatic carbocycles. The molecule has 2 N–H and O–H groups in total. The lowest BCUT2D eigenvalue weighted by molar-refractivity contribution is 0.256. The lowest BCUT2D eigenvalue weighted by Crippen LogP contribution is -2.31. The second-order valence-electron chi connectivity index (χ2n) is 6.90. The number of nitrogens with two attached hydrogens (primary N) is 1. The lowest BCUT2D eigenvalue weighted by Gasteiger charge is -2.22. The van der Waals surface area contributed by atoms with Gasteiger partial charge in [0.15, 0.2) is 11.5 Å². The van der Waals surface area contributed by atoms with Crippen molar-refractivity contribution >= 4 is 51.5 Å². The Hall–Kier alpha value is -3.68. The molecule has 2 amide bonds. The van der Waals surface area contributed by atoms with Gasteiger partial charge in [-0.05, 0) is 54.6 Å². The zero-order chi connectivity index (χ0) is 23.5. The third kappa shape index (κ3) is 4.60. The number of anilines is 2. The van der Waals surface area contributed by atoms with Crippen LogP contribution in [0.1, 0.15) is 0 Å². The zero-order valence-corrected chi connectivity index (χ0v) is 19.2. The third-order valence-electron chi connectivity index (χ3n) is 4.90. The van der Waals surface area contributed by atoms with Crippen molar-refractivity contribution in [1.29, 1.82) is 0 Å². The Kier molecular flexibility index (Phi) is 6.44. The molecule has 33 heavy (non-hydrogen) atoms. The van der Waals surface area contributed by atoms with Crippen LogP contribution in [0.3, 0.4) is 0 Å². The third-order valence-corrected chi connectivity index (χ3v) is 5.44. The number of benzene rings is 3. The number of hydrogen-bond donors (Lipinski definition) is 1. The van der Waals surface area contributed by atoms with Crippen LogP contribution in [0.2, 0.25) is 10.0 Å². The molecule has 0 radical (unpaired) electrons. The highest BCUT2D eigenvalue weighted by atomic mass is 35.5. The van der Waals surface area contributed by atoms with E-state index in [1.807, 2.05) is 6.07 Å². The summed E-state index contributed by atoms with van der Waals surface area (Å²) < 4.78 is 16.8. The first kappa shape index (κ1) is 22.5. The van der Waals surface area contributed by atoms with Crippen molar-refractivity contribution in [3.63, 3.8) is 0 Å². The minimum atomic E-state index is -0.686. The molecular formula is C24H19Cl2N3O4. The summed E-state index contributed by atoms with van der Waals surface area (Å²) in [6, 6.07) is 16.3. The van der Waals surface area contributed by atoms with E-state index in [1.54, 1.807) is 75.0 Å². The van der Waals surface area contributed by atoms with E-state index in [4.69, 9.17) is 43.1 Å². The average Bonchev–Trinajstić information content (AvgIpc) is 2.81. The molecular weight excluding hydrogens is 465 g/mol. The molecule has 4 aromatic rings. The number of pyridine rings is 1. The van der Waals surface area contributed by atoms with Crippen LogP contribution in [-0.4, -0.2) is 25.2 Å². The van der Waals surface area contributed by atoms with Gasteiger partial charge < -0.3 is 19.9 Å². The fraction of sp³-hybridized carbons (Fsp3) is 0.0833. The fourth-order valence-electron chi connectivity index (χ4n) is 3.37. The van der Waals surface area contributed by atoms with Crippen molar-refractivity contribution in [3.8, 4) is 23.0 Å². The van der Waals surface area contributed by atoms with Crippen molar-refractivity contribution in [3.05, 3.63) is 76.9 Å². The predicted octanol–water partition coefficient (Wildman–Crippen LogP) is 6.57. The molecule has 7 nitrogen and oxygen atoms in total.